The van der Waals surface area contributed by atoms with E-state index in [0.29, 0.717) is 44.7 Å². The molecule has 0 N–H and O–H groups in total. The molecule has 2 heterocycles. The van der Waals surface area contributed by atoms with Crippen molar-refractivity contribution in [2.24, 2.45) is 0 Å². The number of fused-ring (bicyclic) bond motifs is 1. The summed E-state index contributed by atoms with van der Waals surface area (Å²) >= 11 is 0.800. The maximum absolute atomic E-state index is 13.0. The summed E-state index contributed by atoms with van der Waals surface area (Å²) in [6.07, 6.45) is -4.45. The van der Waals surface area contributed by atoms with Crippen LogP contribution in [-0.4, -0.2) is 46.9 Å². The van der Waals surface area contributed by atoms with Crippen molar-refractivity contribution in [3.05, 3.63) is 38.2 Å². The van der Waals surface area contributed by atoms with E-state index in [4.69, 9.17) is 0 Å². The van der Waals surface area contributed by atoms with Crippen molar-refractivity contribution in [1.29, 1.82) is 0 Å². The molecule has 0 aliphatic carbocycles. The predicted octanol–water partition coefficient (Wildman–Crippen LogP) is 2.64. The summed E-state index contributed by atoms with van der Waals surface area (Å²) in [6, 6.07) is 1.02. The van der Waals surface area contributed by atoms with Crippen LogP contribution in [0.25, 0.3) is 10.1 Å². The van der Waals surface area contributed by atoms with Gasteiger partial charge in [-0.3, -0.25) is 19.7 Å². The van der Waals surface area contributed by atoms with Gasteiger partial charge in [-0.15, -0.1) is 0 Å². The Morgan fingerprint density at radius 3 is 2.46 bits per heavy atom. The van der Waals surface area contributed by atoms with E-state index in [-0.39, 0.29) is 15.7 Å². The van der Waals surface area contributed by atoms with E-state index >= 15 is 0 Å². The Morgan fingerprint density at radius 1 is 1.29 bits per heavy atom. The number of alkyl halides is 3. The van der Waals surface area contributed by atoms with Crippen molar-refractivity contribution in [3.8, 4) is 0 Å². The van der Waals surface area contributed by atoms with Crippen LogP contribution in [0.15, 0.2) is 16.9 Å². The summed E-state index contributed by atoms with van der Waals surface area (Å²) < 4.78 is 38.9. The Bertz CT molecular complexity index is 1000. The molecule has 1 fully saturated rings. The van der Waals surface area contributed by atoms with Gasteiger partial charge in [-0.1, -0.05) is 18.3 Å². The Morgan fingerprint density at radius 2 is 1.93 bits per heavy atom. The second-order valence-electron chi connectivity index (χ2n) is 6.15. The quantitative estimate of drug-likeness (QED) is 0.564. The molecule has 1 aliphatic rings. The number of piperazine rings is 1. The second-order valence-corrected chi connectivity index (χ2v) is 7.13. The summed E-state index contributed by atoms with van der Waals surface area (Å²) in [5.74, 6) is -0.00498. The van der Waals surface area contributed by atoms with Gasteiger partial charge in [-0.2, -0.15) is 18.2 Å². The topological polar surface area (TPSA) is 96.7 Å². The Balaban J connectivity index is 2.03. The number of halogens is 3. The van der Waals surface area contributed by atoms with Crippen LogP contribution in [0.3, 0.4) is 0 Å². The molecule has 0 radical (unpaired) electrons. The molecule has 3 rings (SSSR count). The molecule has 0 unspecified atom stereocenters. The first-order chi connectivity index (χ1) is 13.1. The minimum absolute atomic E-state index is 0.00498. The summed E-state index contributed by atoms with van der Waals surface area (Å²) in [7, 11) is 0. The van der Waals surface area contributed by atoms with Crippen molar-refractivity contribution >= 4 is 38.1 Å². The number of carbonyl (C=O) groups excluding carboxylic acids is 1. The lowest BCUT2D eigenvalue weighted by Gasteiger charge is -2.34. The van der Waals surface area contributed by atoms with Crippen molar-refractivity contribution < 1.29 is 22.9 Å². The molecular formula is C16H15F3N4O4S. The van der Waals surface area contributed by atoms with Gasteiger partial charge in [-0.05, 0) is 6.07 Å². The number of anilines is 1. The SMILES string of the molecule is CCC(=O)N1CCN(c2nc(=O)c3cc(C(F)(F)F)cc([N+](=O)[O-])c3s2)CC1. The number of non-ortho nitro benzene ring substituents is 1. The fourth-order valence-electron chi connectivity index (χ4n) is 2.95. The summed E-state index contributed by atoms with van der Waals surface area (Å²) in [4.78, 5) is 41.7. The summed E-state index contributed by atoms with van der Waals surface area (Å²) in [6.45, 7) is 3.30. The highest BCUT2D eigenvalue weighted by molar-refractivity contribution is 7.22. The van der Waals surface area contributed by atoms with E-state index in [9.17, 15) is 32.9 Å². The molecule has 0 bridgehead atoms. The number of nitrogens with zero attached hydrogens (tertiary/aromatic N) is 4. The van der Waals surface area contributed by atoms with Crippen LogP contribution in [0.1, 0.15) is 18.9 Å². The lowest BCUT2D eigenvalue weighted by atomic mass is 10.1. The molecule has 1 saturated heterocycles. The van der Waals surface area contributed by atoms with Gasteiger partial charge in [-0.25, -0.2) is 0 Å². The number of nitro groups is 1. The van der Waals surface area contributed by atoms with Gasteiger partial charge in [0.1, 0.15) is 4.70 Å². The van der Waals surface area contributed by atoms with Gasteiger partial charge in [0.2, 0.25) is 5.91 Å². The molecule has 1 aliphatic heterocycles. The first-order valence-corrected chi connectivity index (χ1v) is 9.16. The van der Waals surface area contributed by atoms with Gasteiger partial charge in [0, 0.05) is 38.7 Å². The van der Waals surface area contributed by atoms with Crippen molar-refractivity contribution in [3.63, 3.8) is 0 Å². The Hall–Kier alpha value is -2.76. The maximum Gasteiger partial charge on any atom is 0.416 e. The fraction of sp³-hybridized carbons (Fsp3) is 0.438. The van der Waals surface area contributed by atoms with Gasteiger partial charge in [0.05, 0.1) is 15.9 Å². The monoisotopic (exact) mass is 416 g/mol. The standard InChI is InChI=1S/C16H15F3N4O4S/c1-2-12(24)21-3-5-22(6-4-21)15-20-14(25)10-7-9(16(17,18)19)8-11(23(26)27)13(10)28-15/h7-8H,2-6H2,1H3. The van der Waals surface area contributed by atoms with E-state index in [1.54, 1.807) is 16.7 Å². The Kier molecular flexibility index (Phi) is 5.24. The number of nitro benzene ring substituents is 1. The van der Waals surface area contributed by atoms with Crippen molar-refractivity contribution in [2.75, 3.05) is 31.1 Å². The number of benzene rings is 1. The second kappa shape index (κ2) is 7.34. The first kappa shape index (κ1) is 20.0. The summed E-state index contributed by atoms with van der Waals surface area (Å²) in [5.41, 5.74) is -3.00. The molecule has 150 valence electrons. The third kappa shape index (κ3) is 3.77. The van der Waals surface area contributed by atoms with E-state index in [2.05, 4.69) is 4.98 Å². The van der Waals surface area contributed by atoms with Crippen molar-refractivity contribution in [2.45, 2.75) is 19.5 Å². The Labute approximate surface area is 160 Å². The van der Waals surface area contributed by atoms with Gasteiger partial charge >= 0.3 is 6.18 Å². The molecule has 28 heavy (non-hydrogen) atoms. The number of hydrogen-bond acceptors (Lipinski definition) is 7. The highest BCUT2D eigenvalue weighted by Crippen LogP contribution is 2.38. The predicted molar refractivity (Wildman–Crippen MR) is 96.6 cm³/mol. The molecule has 1 aromatic carbocycles. The smallest absolute Gasteiger partial charge is 0.344 e. The molecule has 1 aromatic heterocycles. The number of hydrogen-bond donors (Lipinski definition) is 0. The van der Waals surface area contributed by atoms with E-state index < -0.39 is 33.3 Å². The molecule has 0 saturated carbocycles. The van der Waals surface area contributed by atoms with Crippen LogP contribution in [0, 0.1) is 10.1 Å². The van der Waals surface area contributed by atoms with Crippen molar-refractivity contribution in [1.82, 2.24) is 9.88 Å². The highest BCUT2D eigenvalue weighted by atomic mass is 32.1. The van der Waals surface area contributed by atoms with Crippen LogP contribution in [0.4, 0.5) is 24.0 Å². The molecule has 0 atom stereocenters. The van der Waals surface area contributed by atoms with Gasteiger partial charge in [0.25, 0.3) is 11.2 Å². The third-order valence-corrected chi connectivity index (χ3v) is 5.58. The minimum atomic E-state index is -4.82. The van der Waals surface area contributed by atoms with Gasteiger partial charge < -0.3 is 9.80 Å². The van der Waals surface area contributed by atoms with Gasteiger partial charge in [0.15, 0.2) is 5.13 Å². The first-order valence-electron chi connectivity index (χ1n) is 8.35. The zero-order valence-corrected chi connectivity index (χ0v) is 15.5. The van der Waals surface area contributed by atoms with E-state index in [1.807, 2.05) is 0 Å². The normalized spacial score (nSPS) is 15.1. The lowest BCUT2D eigenvalue weighted by Crippen LogP contribution is -2.48. The molecule has 12 heteroatoms. The number of carbonyl (C=O) groups is 1. The number of amides is 1. The summed E-state index contributed by atoms with van der Waals surface area (Å²) in [5, 5.41) is 11.1. The van der Waals surface area contributed by atoms with Crippen LogP contribution < -0.4 is 10.5 Å². The molecular weight excluding hydrogens is 401 g/mol. The number of rotatable bonds is 3. The number of aromatic nitrogens is 1. The maximum atomic E-state index is 13.0. The van der Waals surface area contributed by atoms with Crippen LogP contribution in [0.5, 0.6) is 0 Å². The van der Waals surface area contributed by atoms with Crippen LogP contribution in [-0.2, 0) is 11.0 Å². The average molecular weight is 416 g/mol. The minimum Gasteiger partial charge on any atom is -0.344 e. The molecule has 8 nitrogen and oxygen atoms in total. The fourth-order valence-corrected chi connectivity index (χ4v) is 4.06. The zero-order valence-electron chi connectivity index (χ0n) is 14.7. The van der Waals surface area contributed by atoms with Crippen LogP contribution in [0.2, 0.25) is 0 Å². The van der Waals surface area contributed by atoms with E-state index in [1.165, 1.54) is 0 Å². The molecule has 0 spiro atoms. The molecule has 2 aromatic rings. The lowest BCUT2D eigenvalue weighted by molar-refractivity contribution is -0.383. The van der Waals surface area contributed by atoms with Crippen LogP contribution >= 0.6 is 11.3 Å². The zero-order chi connectivity index (χ0) is 20.6. The largest absolute Gasteiger partial charge is 0.416 e. The highest BCUT2D eigenvalue weighted by Gasteiger charge is 2.34. The van der Waals surface area contributed by atoms with E-state index in [0.717, 1.165) is 11.3 Å². The third-order valence-electron chi connectivity index (χ3n) is 4.42. The molecule has 1 amide bonds. The average Bonchev–Trinajstić information content (AvgIpc) is 2.65.